The number of aryl methyl sites for hydroxylation is 1. The van der Waals surface area contributed by atoms with Crippen LogP contribution < -0.4 is 10.9 Å². The fourth-order valence-electron chi connectivity index (χ4n) is 2.29. The number of carbonyl (C=O) groups excluding carboxylic acids is 2. The number of carbonyl (C=O) groups is 3. The first-order chi connectivity index (χ1) is 11.5. The van der Waals surface area contributed by atoms with Crippen molar-refractivity contribution in [3.63, 3.8) is 0 Å². The summed E-state index contributed by atoms with van der Waals surface area (Å²) in [7, 11) is 0. The summed E-state index contributed by atoms with van der Waals surface area (Å²) >= 11 is 0. The molecule has 2 rings (SSSR count). The predicted octanol–water partition coefficient (Wildman–Crippen LogP) is 2.01. The fraction of sp³-hybridized carbons (Fsp3) is 0.167. The van der Waals surface area contributed by atoms with Gasteiger partial charge in [-0.15, -0.1) is 0 Å². The summed E-state index contributed by atoms with van der Waals surface area (Å²) in [4.78, 5) is 35.4. The van der Waals surface area contributed by atoms with Gasteiger partial charge in [0.05, 0.1) is 5.92 Å². The summed E-state index contributed by atoms with van der Waals surface area (Å²) in [5.74, 6) is -3.09. The number of aliphatic carboxylic acids is 1. The summed E-state index contributed by atoms with van der Waals surface area (Å²) < 4.78 is 0. The zero-order valence-electron chi connectivity index (χ0n) is 13.2. The van der Waals surface area contributed by atoms with Gasteiger partial charge in [0.15, 0.2) is 0 Å². The van der Waals surface area contributed by atoms with Crippen LogP contribution >= 0.6 is 0 Å². The molecule has 0 saturated heterocycles. The average Bonchev–Trinajstić information content (AvgIpc) is 2.58. The topological polar surface area (TPSA) is 95.5 Å². The van der Waals surface area contributed by atoms with E-state index in [1.54, 1.807) is 55.5 Å². The Hall–Kier alpha value is -3.15. The third-order valence-corrected chi connectivity index (χ3v) is 3.59. The summed E-state index contributed by atoms with van der Waals surface area (Å²) in [5, 5.41) is 9.30. The summed E-state index contributed by atoms with van der Waals surface area (Å²) in [5.41, 5.74) is 6.31. The maximum atomic E-state index is 12.0. The van der Waals surface area contributed by atoms with Gasteiger partial charge in [0.25, 0.3) is 5.91 Å². The molecule has 0 aliphatic carbocycles. The quantitative estimate of drug-likeness (QED) is 0.733. The van der Waals surface area contributed by atoms with Gasteiger partial charge in [0.1, 0.15) is 0 Å². The Morgan fingerprint density at radius 3 is 2.21 bits per heavy atom. The van der Waals surface area contributed by atoms with Crippen LogP contribution in [0.3, 0.4) is 0 Å². The van der Waals surface area contributed by atoms with Crippen molar-refractivity contribution < 1.29 is 19.5 Å². The molecule has 0 unspecified atom stereocenters. The summed E-state index contributed by atoms with van der Waals surface area (Å²) in [6.45, 7) is 1.78. The number of rotatable bonds is 5. The molecule has 0 heterocycles. The van der Waals surface area contributed by atoms with Crippen LogP contribution in [-0.2, 0) is 9.59 Å². The van der Waals surface area contributed by atoms with Crippen molar-refractivity contribution in [1.82, 2.24) is 10.9 Å². The third-order valence-electron chi connectivity index (χ3n) is 3.59. The maximum Gasteiger partial charge on any atom is 0.311 e. The fourth-order valence-corrected chi connectivity index (χ4v) is 2.29. The lowest BCUT2D eigenvalue weighted by Gasteiger charge is -2.13. The normalized spacial score (nSPS) is 11.4. The number of nitrogens with one attached hydrogen (secondary N) is 2. The Bertz CT molecular complexity index is 744. The van der Waals surface area contributed by atoms with E-state index in [4.69, 9.17) is 0 Å². The van der Waals surface area contributed by atoms with Crippen LogP contribution in [0, 0.1) is 6.92 Å². The highest BCUT2D eigenvalue weighted by Gasteiger charge is 2.23. The molecule has 0 aliphatic heterocycles. The molecule has 6 heteroatoms. The molecular weight excluding hydrogens is 308 g/mol. The number of hydrazine groups is 1. The van der Waals surface area contributed by atoms with Crippen LogP contribution in [0.1, 0.15) is 33.8 Å². The second-order valence-corrected chi connectivity index (χ2v) is 5.32. The van der Waals surface area contributed by atoms with Gasteiger partial charge < -0.3 is 5.11 Å². The molecule has 6 nitrogen and oxygen atoms in total. The highest BCUT2D eigenvalue weighted by molar-refractivity contribution is 5.97. The SMILES string of the molecule is Cc1ccccc1C(=O)NNC(=O)C[C@H](C(=O)O)c1ccccc1. The molecule has 0 fully saturated rings. The van der Waals surface area contributed by atoms with E-state index in [0.29, 0.717) is 11.1 Å². The van der Waals surface area contributed by atoms with E-state index >= 15 is 0 Å². The molecule has 2 amide bonds. The minimum atomic E-state index is -1.10. The van der Waals surface area contributed by atoms with E-state index in [2.05, 4.69) is 10.9 Å². The molecule has 3 N–H and O–H groups in total. The van der Waals surface area contributed by atoms with Crippen LogP contribution in [-0.4, -0.2) is 22.9 Å². The first-order valence-corrected chi connectivity index (χ1v) is 7.41. The van der Waals surface area contributed by atoms with Crippen LogP contribution in [0.5, 0.6) is 0 Å². The molecule has 124 valence electrons. The van der Waals surface area contributed by atoms with Gasteiger partial charge in [-0.2, -0.15) is 0 Å². The molecule has 0 saturated carbocycles. The Morgan fingerprint density at radius 2 is 1.58 bits per heavy atom. The van der Waals surface area contributed by atoms with E-state index in [-0.39, 0.29) is 6.42 Å². The second kappa shape index (κ2) is 7.92. The highest BCUT2D eigenvalue weighted by atomic mass is 16.4. The predicted molar refractivity (Wildman–Crippen MR) is 88.2 cm³/mol. The first-order valence-electron chi connectivity index (χ1n) is 7.41. The monoisotopic (exact) mass is 326 g/mol. The van der Waals surface area contributed by atoms with Crippen molar-refractivity contribution in [2.24, 2.45) is 0 Å². The van der Waals surface area contributed by atoms with Crippen molar-refractivity contribution in [3.8, 4) is 0 Å². The standard InChI is InChI=1S/C18H18N2O4/c1-12-7-5-6-10-14(12)17(22)20-19-16(21)11-15(18(23)24)13-8-3-2-4-9-13/h2-10,15H,11H2,1H3,(H,19,21)(H,20,22)(H,23,24)/t15-/m0/s1. The van der Waals surface area contributed by atoms with E-state index < -0.39 is 23.7 Å². The minimum absolute atomic E-state index is 0.270. The van der Waals surface area contributed by atoms with Gasteiger partial charge in [0, 0.05) is 12.0 Å². The smallest absolute Gasteiger partial charge is 0.311 e. The maximum absolute atomic E-state index is 12.0. The molecule has 1 atom stereocenters. The van der Waals surface area contributed by atoms with Crippen molar-refractivity contribution in [2.75, 3.05) is 0 Å². The third kappa shape index (κ3) is 4.42. The van der Waals surface area contributed by atoms with E-state index in [9.17, 15) is 19.5 Å². The van der Waals surface area contributed by atoms with E-state index in [1.165, 1.54) is 0 Å². The molecule has 2 aromatic carbocycles. The van der Waals surface area contributed by atoms with Crippen molar-refractivity contribution in [1.29, 1.82) is 0 Å². The number of hydrogen-bond donors (Lipinski definition) is 3. The second-order valence-electron chi connectivity index (χ2n) is 5.32. The van der Waals surface area contributed by atoms with Crippen molar-refractivity contribution in [3.05, 3.63) is 71.3 Å². The lowest BCUT2D eigenvalue weighted by molar-refractivity contribution is -0.140. The Balaban J connectivity index is 1.96. The van der Waals surface area contributed by atoms with Crippen molar-refractivity contribution >= 4 is 17.8 Å². The largest absolute Gasteiger partial charge is 0.481 e. The molecule has 0 bridgehead atoms. The molecule has 0 aromatic heterocycles. The first kappa shape index (κ1) is 17.2. The Labute approximate surface area is 139 Å². The van der Waals surface area contributed by atoms with Gasteiger partial charge in [-0.3, -0.25) is 25.2 Å². The average molecular weight is 326 g/mol. The van der Waals surface area contributed by atoms with Crippen LogP contribution in [0.2, 0.25) is 0 Å². The highest BCUT2D eigenvalue weighted by Crippen LogP contribution is 2.19. The zero-order chi connectivity index (χ0) is 17.5. The Morgan fingerprint density at radius 1 is 0.958 bits per heavy atom. The van der Waals surface area contributed by atoms with Crippen molar-refractivity contribution in [2.45, 2.75) is 19.3 Å². The van der Waals surface area contributed by atoms with E-state index in [0.717, 1.165) is 5.56 Å². The lowest BCUT2D eigenvalue weighted by Crippen LogP contribution is -2.42. The Kier molecular flexibility index (Phi) is 5.68. The van der Waals surface area contributed by atoms with Crippen LogP contribution in [0.15, 0.2) is 54.6 Å². The minimum Gasteiger partial charge on any atom is -0.481 e. The van der Waals surface area contributed by atoms with Gasteiger partial charge in [-0.1, -0.05) is 48.5 Å². The number of carboxylic acid groups (broad SMARTS) is 1. The van der Waals surface area contributed by atoms with Gasteiger partial charge in [-0.05, 0) is 24.1 Å². The lowest BCUT2D eigenvalue weighted by atomic mass is 9.96. The number of amides is 2. The molecular formula is C18H18N2O4. The molecule has 24 heavy (non-hydrogen) atoms. The number of carboxylic acids is 1. The van der Waals surface area contributed by atoms with Crippen LogP contribution in [0.25, 0.3) is 0 Å². The molecule has 0 aliphatic rings. The van der Waals surface area contributed by atoms with Gasteiger partial charge in [-0.25, -0.2) is 0 Å². The van der Waals surface area contributed by atoms with Crippen LogP contribution in [0.4, 0.5) is 0 Å². The van der Waals surface area contributed by atoms with Gasteiger partial charge >= 0.3 is 5.97 Å². The summed E-state index contributed by atoms with van der Waals surface area (Å²) in [6.07, 6.45) is -0.270. The number of benzene rings is 2. The summed E-state index contributed by atoms with van der Waals surface area (Å²) in [6, 6.07) is 15.4. The molecule has 0 spiro atoms. The number of hydrogen-bond acceptors (Lipinski definition) is 3. The zero-order valence-corrected chi connectivity index (χ0v) is 13.2. The van der Waals surface area contributed by atoms with Gasteiger partial charge in [0.2, 0.25) is 5.91 Å². The van der Waals surface area contributed by atoms with E-state index in [1.807, 2.05) is 6.07 Å². The molecule has 0 radical (unpaired) electrons. The molecule has 2 aromatic rings.